The Balaban J connectivity index is 1.44. The minimum Gasteiger partial charge on any atom is -0.330 e. The lowest BCUT2D eigenvalue weighted by atomic mass is 10.2. The van der Waals surface area contributed by atoms with Crippen molar-refractivity contribution in [1.82, 2.24) is 18.7 Å². The highest BCUT2D eigenvalue weighted by Gasteiger charge is 2.15. The van der Waals surface area contributed by atoms with Gasteiger partial charge in [-0.25, -0.2) is 14.3 Å². The second kappa shape index (κ2) is 10.1. The van der Waals surface area contributed by atoms with Gasteiger partial charge in [0.1, 0.15) is 0 Å². The Labute approximate surface area is 215 Å². The minimum atomic E-state index is -0.346. The van der Waals surface area contributed by atoms with Gasteiger partial charge in [0.05, 0.1) is 22.9 Å². The molecule has 3 aromatic carbocycles. The zero-order chi connectivity index (χ0) is 24.4. The summed E-state index contributed by atoms with van der Waals surface area (Å²) in [4.78, 5) is 31.1. The number of imidazole rings is 1. The van der Waals surface area contributed by atoms with Crippen LogP contribution in [-0.4, -0.2) is 18.7 Å². The van der Waals surface area contributed by atoms with Crippen molar-refractivity contribution in [2.75, 3.05) is 0 Å². The van der Waals surface area contributed by atoms with Crippen molar-refractivity contribution in [3.63, 3.8) is 0 Å². The van der Waals surface area contributed by atoms with Crippen LogP contribution in [0.25, 0.3) is 16.6 Å². The average molecular weight is 550 g/mol. The third kappa shape index (κ3) is 4.88. The van der Waals surface area contributed by atoms with Gasteiger partial charge >= 0.3 is 5.69 Å². The van der Waals surface area contributed by atoms with Crippen molar-refractivity contribution in [3.05, 3.63) is 127 Å². The molecule has 6 nitrogen and oxygen atoms in total. The van der Waals surface area contributed by atoms with E-state index in [-0.39, 0.29) is 11.2 Å². The average Bonchev–Trinajstić information content (AvgIpc) is 3.29. The van der Waals surface area contributed by atoms with Crippen molar-refractivity contribution < 1.29 is 0 Å². The van der Waals surface area contributed by atoms with Crippen LogP contribution in [0.5, 0.6) is 0 Å². The van der Waals surface area contributed by atoms with E-state index in [0.29, 0.717) is 41.1 Å². The van der Waals surface area contributed by atoms with E-state index in [9.17, 15) is 9.59 Å². The maximum Gasteiger partial charge on any atom is 0.336 e. The molecule has 0 saturated heterocycles. The number of nitrogens with zero attached hydrogens (tertiary/aromatic N) is 4. The molecule has 0 saturated carbocycles. The van der Waals surface area contributed by atoms with E-state index in [2.05, 4.69) is 25.5 Å². The maximum absolute atomic E-state index is 13.5. The second-order valence-corrected chi connectivity index (χ2v) is 9.67. The lowest BCUT2D eigenvalue weighted by Gasteiger charge is -2.15. The summed E-state index contributed by atoms with van der Waals surface area (Å²) in [5, 5.41) is 1.22. The molecule has 176 valence electrons. The Morgan fingerprint density at radius 2 is 1.74 bits per heavy atom. The van der Waals surface area contributed by atoms with Crippen LogP contribution in [-0.2, 0) is 19.5 Å². The third-order valence-corrected chi connectivity index (χ3v) is 6.74. The molecule has 0 unspecified atom stereocenters. The summed E-state index contributed by atoms with van der Waals surface area (Å²) < 4.78 is 5.84. The molecule has 2 heterocycles. The summed E-state index contributed by atoms with van der Waals surface area (Å²) in [6, 6.07) is 22.2. The van der Waals surface area contributed by atoms with E-state index in [1.807, 2.05) is 67.1 Å². The lowest BCUT2D eigenvalue weighted by molar-refractivity contribution is 0.595. The van der Waals surface area contributed by atoms with Gasteiger partial charge in [-0.3, -0.25) is 9.36 Å². The quantitative estimate of drug-likeness (QED) is 0.271. The van der Waals surface area contributed by atoms with Gasteiger partial charge in [0.15, 0.2) is 0 Å². The molecule has 0 amide bonds. The van der Waals surface area contributed by atoms with Crippen LogP contribution < -0.4 is 11.2 Å². The Bertz CT molecular complexity index is 1620. The molecule has 0 bridgehead atoms. The number of rotatable bonds is 7. The summed E-state index contributed by atoms with van der Waals surface area (Å²) >= 11 is 9.44. The van der Waals surface area contributed by atoms with Crippen LogP contribution in [0.15, 0.2) is 99.4 Å². The number of aromatic nitrogens is 4. The number of benzene rings is 3. The SMILES string of the molecule is O=c1c2ccccc2n(CCCc2cncn2Cc2ccc(Cl)cc2)c(=O)n1-c1cccc(Br)c1. The smallest absolute Gasteiger partial charge is 0.330 e. The first kappa shape index (κ1) is 23.3. The highest BCUT2D eigenvalue weighted by molar-refractivity contribution is 9.10. The fourth-order valence-corrected chi connectivity index (χ4v) is 4.80. The highest BCUT2D eigenvalue weighted by atomic mass is 79.9. The first-order valence-electron chi connectivity index (χ1n) is 11.3. The fourth-order valence-electron chi connectivity index (χ4n) is 4.28. The predicted octanol–water partition coefficient (Wildman–Crippen LogP) is 5.45. The summed E-state index contributed by atoms with van der Waals surface area (Å²) in [6.45, 7) is 1.17. The second-order valence-electron chi connectivity index (χ2n) is 8.31. The van der Waals surface area contributed by atoms with E-state index in [0.717, 1.165) is 22.2 Å². The molecule has 5 rings (SSSR count). The van der Waals surface area contributed by atoms with E-state index >= 15 is 0 Å². The zero-order valence-corrected chi connectivity index (χ0v) is 21.1. The highest BCUT2D eigenvalue weighted by Crippen LogP contribution is 2.16. The van der Waals surface area contributed by atoms with E-state index in [1.165, 1.54) is 4.57 Å². The number of hydrogen-bond acceptors (Lipinski definition) is 3. The molecule has 0 radical (unpaired) electrons. The lowest BCUT2D eigenvalue weighted by Crippen LogP contribution is -2.39. The monoisotopic (exact) mass is 548 g/mol. The molecule has 0 N–H and O–H groups in total. The molecule has 8 heteroatoms. The van der Waals surface area contributed by atoms with Crippen molar-refractivity contribution in [2.45, 2.75) is 25.9 Å². The zero-order valence-electron chi connectivity index (χ0n) is 18.8. The Morgan fingerprint density at radius 3 is 2.54 bits per heavy atom. The first-order valence-corrected chi connectivity index (χ1v) is 12.4. The Kier molecular flexibility index (Phi) is 6.70. The molecule has 0 spiro atoms. The van der Waals surface area contributed by atoms with Gasteiger partial charge in [-0.05, 0) is 60.9 Å². The van der Waals surface area contributed by atoms with E-state index in [4.69, 9.17) is 11.6 Å². The number of halogens is 2. The summed E-state index contributed by atoms with van der Waals surface area (Å²) in [7, 11) is 0. The molecule has 35 heavy (non-hydrogen) atoms. The van der Waals surface area contributed by atoms with Gasteiger partial charge in [0.2, 0.25) is 0 Å². The molecular weight excluding hydrogens is 528 g/mol. The molecule has 2 aromatic heterocycles. The van der Waals surface area contributed by atoms with Crippen molar-refractivity contribution in [3.8, 4) is 5.69 Å². The number of aryl methyl sites for hydroxylation is 2. The number of fused-ring (bicyclic) bond motifs is 1. The largest absolute Gasteiger partial charge is 0.336 e. The normalized spacial score (nSPS) is 11.3. The standard InChI is InChI=1S/C27H22BrClN4O2/c28-20-5-3-6-22(15-20)33-26(34)24-8-1-2-9-25(24)32(27(33)35)14-4-7-23-16-30-18-31(23)17-19-10-12-21(29)13-11-19/h1-3,5-6,8-13,15-16,18H,4,7,14,17H2. The van der Waals surface area contributed by atoms with Crippen LogP contribution in [0.2, 0.25) is 5.02 Å². The van der Waals surface area contributed by atoms with Crippen molar-refractivity contribution >= 4 is 38.4 Å². The van der Waals surface area contributed by atoms with E-state index in [1.54, 1.807) is 22.8 Å². The van der Waals surface area contributed by atoms with Crippen molar-refractivity contribution in [1.29, 1.82) is 0 Å². The Morgan fingerprint density at radius 1 is 0.943 bits per heavy atom. The van der Waals surface area contributed by atoms with Gasteiger partial charge in [-0.2, -0.15) is 0 Å². The molecule has 0 aliphatic heterocycles. The topological polar surface area (TPSA) is 61.8 Å². The van der Waals surface area contributed by atoms with Gasteiger partial charge in [-0.1, -0.05) is 57.9 Å². The summed E-state index contributed by atoms with van der Waals surface area (Å²) in [5.74, 6) is 0. The number of hydrogen-bond donors (Lipinski definition) is 0. The van der Waals surface area contributed by atoms with Crippen LogP contribution in [0.3, 0.4) is 0 Å². The van der Waals surface area contributed by atoms with Gasteiger partial charge in [0, 0.05) is 34.5 Å². The molecule has 0 fully saturated rings. The fraction of sp³-hybridized carbons (Fsp3) is 0.148. The predicted molar refractivity (Wildman–Crippen MR) is 143 cm³/mol. The van der Waals surface area contributed by atoms with Crippen molar-refractivity contribution in [2.24, 2.45) is 0 Å². The number of para-hydroxylation sites is 1. The first-order chi connectivity index (χ1) is 17.0. The van der Waals surface area contributed by atoms with Gasteiger partial charge in [0.25, 0.3) is 5.56 Å². The van der Waals surface area contributed by atoms with Gasteiger partial charge in [-0.15, -0.1) is 0 Å². The summed E-state index contributed by atoms with van der Waals surface area (Å²) in [5.41, 5.74) is 2.73. The van der Waals surface area contributed by atoms with Crippen LogP contribution in [0.1, 0.15) is 17.7 Å². The van der Waals surface area contributed by atoms with Crippen LogP contribution in [0, 0.1) is 0 Å². The minimum absolute atomic E-state index is 0.319. The maximum atomic E-state index is 13.5. The third-order valence-electron chi connectivity index (χ3n) is 6.00. The van der Waals surface area contributed by atoms with E-state index < -0.39 is 0 Å². The molecule has 0 atom stereocenters. The molecule has 0 aliphatic carbocycles. The molecule has 5 aromatic rings. The molecule has 0 aliphatic rings. The molecular formula is C27H22BrClN4O2. The van der Waals surface area contributed by atoms with Crippen LogP contribution in [0.4, 0.5) is 0 Å². The Hall–Kier alpha value is -3.42. The summed E-state index contributed by atoms with van der Waals surface area (Å²) in [6.07, 6.45) is 5.13. The van der Waals surface area contributed by atoms with Crippen LogP contribution >= 0.6 is 27.5 Å². The van der Waals surface area contributed by atoms with Gasteiger partial charge < -0.3 is 4.57 Å².